The van der Waals surface area contributed by atoms with Crippen LogP contribution in [-0.4, -0.2) is 11.3 Å². The first-order valence-electron chi connectivity index (χ1n) is 21.1. The largest absolute Gasteiger partial charge is 0.375 e. The quantitative estimate of drug-likeness (QED) is 0.161. The van der Waals surface area contributed by atoms with Gasteiger partial charge in [-0.1, -0.05) is 173 Å². The first-order valence-corrected chi connectivity index (χ1v) is 22.8. The molecule has 1 aromatic heterocycles. The zero-order chi connectivity index (χ0) is 40.2. The summed E-state index contributed by atoms with van der Waals surface area (Å²) in [6, 6.07) is 60.2. The predicted molar refractivity (Wildman–Crippen MR) is 256 cm³/mol. The highest BCUT2D eigenvalue weighted by molar-refractivity contribution is 8.05. The van der Waals surface area contributed by atoms with Crippen LogP contribution in [0.4, 0.5) is 17.1 Å². The van der Waals surface area contributed by atoms with Crippen LogP contribution >= 0.6 is 23.5 Å². The summed E-state index contributed by atoms with van der Waals surface area (Å²) in [5, 5.41) is 3.94. The van der Waals surface area contributed by atoms with E-state index < -0.39 is 0 Å². The van der Waals surface area contributed by atoms with E-state index in [1.807, 2.05) is 23.5 Å². The maximum absolute atomic E-state index is 2.78. The Morgan fingerprint density at radius 3 is 2.03 bits per heavy atom. The van der Waals surface area contributed by atoms with Crippen LogP contribution in [0.15, 0.2) is 177 Å². The van der Waals surface area contributed by atoms with Crippen molar-refractivity contribution in [1.29, 1.82) is 0 Å². The third kappa shape index (κ3) is 4.60. The molecule has 5 heteroatoms. The van der Waals surface area contributed by atoms with Gasteiger partial charge in [-0.25, -0.2) is 0 Å². The summed E-state index contributed by atoms with van der Waals surface area (Å²) in [6.07, 6.45) is 0. The average Bonchev–Trinajstić information content (AvgIpc) is 3.73. The fourth-order valence-corrected chi connectivity index (χ4v) is 13.3. The SMILES string of the molecule is CC(C)(C)c1ccc(N2c3cc4c(cc3B3c5c2cc2ccccc2c5-c2cccc5c6c(n3c25)-c2ccccc2C6(C)C)Sc2ccccc2S4)c(-c2ccccc2)c1. The molecule has 8 aromatic carbocycles. The molecule has 0 saturated carbocycles. The van der Waals surface area contributed by atoms with Gasteiger partial charge in [0.05, 0.1) is 5.69 Å². The molecular weight excluding hydrogens is 764 g/mol. The van der Waals surface area contributed by atoms with Gasteiger partial charge < -0.3 is 9.38 Å². The second kappa shape index (κ2) is 12.1. The van der Waals surface area contributed by atoms with E-state index in [1.54, 1.807) is 0 Å². The van der Waals surface area contributed by atoms with Gasteiger partial charge in [-0.15, -0.1) is 0 Å². The molecule has 0 bridgehead atoms. The third-order valence-electron chi connectivity index (χ3n) is 13.7. The number of benzene rings is 8. The van der Waals surface area contributed by atoms with E-state index in [2.05, 4.69) is 202 Å². The van der Waals surface area contributed by atoms with Gasteiger partial charge in [0.1, 0.15) is 0 Å². The van der Waals surface area contributed by atoms with Crippen LogP contribution in [0.25, 0.3) is 55.2 Å². The number of nitrogens with zero attached hydrogens (tertiary/aromatic N) is 2. The normalized spacial score (nSPS) is 15.0. The lowest BCUT2D eigenvalue weighted by Crippen LogP contribution is -2.57. The van der Waals surface area contributed by atoms with Crippen molar-refractivity contribution in [2.45, 2.75) is 65.0 Å². The molecule has 1 aliphatic carbocycles. The van der Waals surface area contributed by atoms with Crippen molar-refractivity contribution >= 4 is 80.0 Å². The second-order valence-electron chi connectivity index (χ2n) is 18.5. The zero-order valence-electron chi connectivity index (χ0n) is 34.3. The predicted octanol–water partition coefficient (Wildman–Crippen LogP) is 14.1. The molecule has 0 amide bonds. The Balaban J connectivity index is 1.20. The van der Waals surface area contributed by atoms with E-state index in [4.69, 9.17) is 0 Å². The standard InChI is InChI=1S/C55H41BN2S2/c1-54(2,3)34-26-27-42(39(29-34)32-16-7-6-8-17-32)57-43-31-48-47(59-45-24-13-14-25-46(45)60-48)30-41(43)56-51-44(57)28-33-18-9-10-19-35(33)49(51)37-21-15-22-38-50-53(58(56)52(37)38)36-20-11-12-23-40(36)55(50,4)5/h6-31H,1-5H3. The molecule has 0 spiro atoms. The van der Waals surface area contributed by atoms with E-state index in [0.717, 1.165) is 0 Å². The first kappa shape index (κ1) is 34.9. The average molecular weight is 805 g/mol. The number of hydrogen-bond donors (Lipinski definition) is 0. The van der Waals surface area contributed by atoms with Crippen molar-refractivity contribution in [3.8, 4) is 33.5 Å². The molecule has 0 radical (unpaired) electrons. The van der Waals surface area contributed by atoms with Crippen LogP contribution in [0.5, 0.6) is 0 Å². The van der Waals surface area contributed by atoms with Crippen LogP contribution in [0.3, 0.4) is 0 Å². The molecule has 0 fully saturated rings. The van der Waals surface area contributed by atoms with Crippen molar-refractivity contribution < 1.29 is 0 Å². The molecule has 4 heterocycles. The molecule has 60 heavy (non-hydrogen) atoms. The topological polar surface area (TPSA) is 8.17 Å². The number of para-hydroxylation sites is 1. The van der Waals surface area contributed by atoms with Crippen LogP contribution in [0, 0.1) is 0 Å². The number of anilines is 3. The fraction of sp³-hybridized carbons (Fsp3) is 0.127. The molecule has 3 aliphatic heterocycles. The van der Waals surface area contributed by atoms with Gasteiger partial charge in [-0.2, -0.15) is 0 Å². The van der Waals surface area contributed by atoms with E-state index in [0.29, 0.717) is 0 Å². The van der Waals surface area contributed by atoms with Crippen molar-refractivity contribution in [3.63, 3.8) is 0 Å². The highest BCUT2D eigenvalue weighted by Crippen LogP contribution is 2.58. The third-order valence-corrected chi connectivity index (χ3v) is 16.2. The lowest BCUT2D eigenvalue weighted by Gasteiger charge is -2.42. The van der Waals surface area contributed by atoms with Crippen LogP contribution in [0.1, 0.15) is 51.3 Å². The molecule has 0 saturated heterocycles. The molecule has 13 rings (SSSR count). The van der Waals surface area contributed by atoms with Gasteiger partial charge in [-0.05, 0) is 97.4 Å². The summed E-state index contributed by atoms with van der Waals surface area (Å²) in [5.41, 5.74) is 19.7. The Morgan fingerprint density at radius 2 is 1.23 bits per heavy atom. The summed E-state index contributed by atoms with van der Waals surface area (Å²) in [7, 11) is 0. The molecule has 0 unspecified atom stereocenters. The summed E-state index contributed by atoms with van der Waals surface area (Å²) in [6.45, 7) is 11.8. The number of hydrogen-bond acceptors (Lipinski definition) is 3. The van der Waals surface area contributed by atoms with Gasteiger partial charge in [-0.3, -0.25) is 0 Å². The van der Waals surface area contributed by atoms with Crippen molar-refractivity contribution in [1.82, 2.24) is 4.48 Å². The van der Waals surface area contributed by atoms with E-state index in [9.17, 15) is 0 Å². The minimum absolute atomic E-state index is 0.0106. The maximum atomic E-state index is 2.78. The van der Waals surface area contributed by atoms with E-state index in [-0.39, 0.29) is 17.7 Å². The molecule has 4 aliphatic rings. The highest BCUT2D eigenvalue weighted by atomic mass is 32.2. The molecular formula is C55H41BN2S2. The zero-order valence-corrected chi connectivity index (χ0v) is 35.9. The summed E-state index contributed by atoms with van der Waals surface area (Å²) >= 11 is 3.83. The monoisotopic (exact) mass is 804 g/mol. The lowest BCUT2D eigenvalue weighted by molar-refractivity contribution is 0.590. The number of fused-ring (bicyclic) bond motifs is 13. The molecule has 0 atom stereocenters. The van der Waals surface area contributed by atoms with E-state index >= 15 is 0 Å². The van der Waals surface area contributed by atoms with Gasteiger partial charge in [0.15, 0.2) is 0 Å². The van der Waals surface area contributed by atoms with Gasteiger partial charge in [0.25, 0.3) is 0 Å². The van der Waals surface area contributed by atoms with Crippen LogP contribution in [-0.2, 0) is 10.8 Å². The lowest BCUT2D eigenvalue weighted by atomic mass is 9.44. The number of aromatic nitrogens is 1. The highest BCUT2D eigenvalue weighted by Gasteiger charge is 2.49. The summed E-state index contributed by atoms with van der Waals surface area (Å²) < 4.78 is 2.78. The fourth-order valence-electron chi connectivity index (χ4n) is 11.0. The minimum atomic E-state index is -0.148. The first-order chi connectivity index (χ1) is 29.2. The summed E-state index contributed by atoms with van der Waals surface area (Å²) in [5.74, 6) is 0. The Hall–Kier alpha value is -5.88. The number of rotatable bonds is 2. The Morgan fingerprint density at radius 1 is 0.550 bits per heavy atom. The van der Waals surface area contributed by atoms with Crippen LogP contribution < -0.4 is 15.8 Å². The maximum Gasteiger partial charge on any atom is 0.333 e. The molecule has 286 valence electrons. The minimum Gasteiger partial charge on any atom is -0.375 e. The second-order valence-corrected chi connectivity index (χ2v) is 20.6. The molecule has 0 N–H and O–H groups in total. The van der Waals surface area contributed by atoms with Crippen molar-refractivity contribution in [3.05, 3.63) is 174 Å². The van der Waals surface area contributed by atoms with Gasteiger partial charge in [0.2, 0.25) is 0 Å². The van der Waals surface area contributed by atoms with Gasteiger partial charge >= 0.3 is 6.85 Å². The summed E-state index contributed by atoms with van der Waals surface area (Å²) in [4.78, 5) is 7.93. The Kier molecular flexibility index (Phi) is 7.06. The Labute approximate surface area is 360 Å². The molecule has 2 nitrogen and oxygen atoms in total. The van der Waals surface area contributed by atoms with Crippen molar-refractivity contribution in [2.24, 2.45) is 0 Å². The smallest absolute Gasteiger partial charge is 0.333 e. The van der Waals surface area contributed by atoms with Crippen LogP contribution in [0.2, 0.25) is 0 Å². The van der Waals surface area contributed by atoms with Crippen molar-refractivity contribution in [2.75, 3.05) is 4.90 Å². The Bertz CT molecular complexity index is 3350. The molecule has 9 aromatic rings. The van der Waals surface area contributed by atoms with Gasteiger partial charge in [0, 0.05) is 69.7 Å². The van der Waals surface area contributed by atoms with E-state index in [1.165, 1.54) is 119 Å².